The first kappa shape index (κ1) is 20.0. The number of nitrogens with zero attached hydrogens (tertiary/aromatic N) is 1. The summed E-state index contributed by atoms with van der Waals surface area (Å²) in [5.41, 5.74) is 1.18. The van der Waals surface area contributed by atoms with E-state index in [1.807, 2.05) is 30.3 Å². The molecule has 1 aliphatic heterocycles. The molecule has 0 aromatic heterocycles. The number of ether oxygens (including phenoxy) is 1. The number of carbonyl (C=O) groups is 2. The first-order chi connectivity index (χ1) is 13.6. The number of amides is 2. The molecule has 148 valence electrons. The predicted octanol–water partition coefficient (Wildman–Crippen LogP) is 1.75. The fourth-order valence-corrected chi connectivity index (χ4v) is 3.10. The minimum Gasteiger partial charge on any atom is -0.379 e. The first-order valence-corrected chi connectivity index (χ1v) is 9.30. The molecule has 7 heteroatoms. The highest BCUT2D eigenvalue weighted by Gasteiger charge is 2.20. The van der Waals surface area contributed by atoms with Crippen molar-refractivity contribution in [1.29, 1.82) is 0 Å². The third kappa shape index (κ3) is 5.87. The summed E-state index contributed by atoms with van der Waals surface area (Å²) in [6, 6.07) is 14.9. The molecule has 28 heavy (non-hydrogen) atoms. The number of carbonyl (C=O) groups excluding carboxylic acids is 2. The van der Waals surface area contributed by atoms with E-state index in [1.165, 1.54) is 18.2 Å². The fraction of sp³-hybridized carbons (Fsp3) is 0.333. The van der Waals surface area contributed by atoms with E-state index in [9.17, 15) is 14.0 Å². The lowest BCUT2D eigenvalue weighted by Crippen LogP contribution is -2.45. The summed E-state index contributed by atoms with van der Waals surface area (Å²) in [4.78, 5) is 26.8. The minimum atomic E-state index is -0.494. The van der Waals surface area contributed by atoms with Gasteiger partial charge in [0.2, 0.25) is 5.91 Å². The van der Waals surface area contributed by atoms with E-state index in [4.69, 9.17) is 4.74 Å². The Bertz CT molecular complexity index is 794. The molecule has 1 aliphatic rings. The average molecular weight is 385 g/mol. The molecule has 3 rings (SSSR count). The maximum absolute atomic E-state index is 13.2. The van der Waals surface area contributed by atoms with Gasteiger partial charge in [-0.15, -0.1) is 0 Å². The summed E-state index contributed by atoms with van der Waals surface area (Å²) >= 11 is 0. The number of hydrogen-bond donors (Lipinski definition) is 2. The normalized spacial score (nSPS) is 15.6. The second kappa shape index (κ2) is 9.96. The standard InChI is InChI=1S/C21H24FN3O3/c22-18-8-4-7-17(13-18)21(27)23-14-20(26)24-19(16-5-2-1-3-6-16)15-25-9-11-28-12-10-25/h1-8,13,19H,9-12,14-15H2,(H,23,27)(H,24,26). The van der Waals surface area contributed by atoms with E-state index in [-0.39, 0.29) is 24.1 Å². The number of benzene rings is 2. The van der Waals surface area contributed by atoms with Gasteiger partial charge in [-0.2, -0.15) is 0 Å². The molecule has 0 saturated carbocycles. The summed E-state index contributed by atoms with van der Waals surface area (Å²) in [7, 11) is 0. The Morgan fingerprint density at radius 3 is 2.54 bits per heavy atom. The van der Waals surface area contributed by atoms with Gasteiger partial charge >= 0.3 is 0 Å². The molecule has 6 nitrogen and oxygen atoms in total. The molecule has 0 radical (unpaired) electrons. The highest BCUT2D eigenvalue weighted by atomic mass is 19.1. The van der Waals surface area contributed by atoms with Crippen molar-refractivity contribution in [2.45, 2.75) is 6.04 Å². The number of morpholine rings is 1. The van der Waals surface area contributed by atoms with Crippen molar-refractivity contribution < 1.29 is 18.7 Å². The van der Waals surface area contributed by atoms with Crippen molar-refractivity contribution in [1.82, 2.24) is 15.5 Å². The van der Waals surface area contributed by atoms with Gasteiger partial charge in [-0.1, -0.05) is 36.4 Å². The number of rotatable bonds is 7. The Morgan fingerprint density at radius 1 is 1.07 bits per heavy atom. The zero-order chi connectivity index (χ0) is 19.8. The van der Waals surface area contributed by atoms with Crippen molar-refractivity contribution in [3.8, 4) is 0 Å². The van der Waals surface area contributed by atoms with E-state index >= 15 is 0 Å². The molecule has 2 N–H and O–H groups in total. The fourth-order valence-electron chi connectivity index (χ4n) is 3.10. The van der Waals surface area contributed by atoms with E-state index in [0.717, 1.165) is 24.7 Å². The van der Waals surface area contributed by atoms with Gasteiger partial charge in [-0.3, -0.25) is 14.5 Å². The molecule has 1 heterocycles. The van der Waals surface area contributed by atoms with Crippen LogP contribution in [0.4, 0.5) is 4.39 Å². The molecule has 0 spiro atoms. The lowest BCUT2D eigenvalue weighted by Gasteiger charge is -2.31. The summed E-state index contributed by atoms with van der Waals surface area (Å²) in [6.07, 6.45) is 0. The highest BCUT2D eigenvalue weighted by molar-refractivity contribution is 5.96. The Kier molecular flexibility index (Phi) is 7.11. The summed E-state index contributed by atoms with van der Waals surface area (Å²) < 4.78 is 18.6. The Labute approximate surface area is 163 Å². The van der Waals surface area contributed by atoms with E-state index in [2.05, 4.69) is 15.5 Å². The average Bonchev–Trinajstić information content (AvgIpc) is 2.73. The van der Waals surface area contributed by atoms with Gasteiger partial charge in [-0.05, 0) is 23.8 Å². The number of halogens is 1. The lowest BCUT2D eigenvalue weighted by molar-refractivity contribution is -0.121. The van der Waals surface area contributed by atoms with Crippen LogP contribution < -0.4 is 10.6 Å². The molecule has 0 bridgehead atoms. The minimum absolute atomic E-state index is 0.179. The van der Waals surface area contributed by atoms with E-state index in [1.54, 1.807) is 0 Å². The largest absolute Gasteiger partial charge is 0.379 e. The molecular weight excluding hydrogens is 361 g/mol. The lowest BCUT2D eigenvalue weighted by atomic mass is 10.1. The van der Waals surface area contributed by atoms with Crippen molar-refractivity contribution in [2.75, 3.05) is 39.4 Å². The number of nitrogens with one attached hydrogen (secondary N) is 2. The molecule has 1 fully saturated rings. The molecule has 1 saturated heterocycles. The molecule has 1 atom stereocenters. The second-order valence-electron chi connectivity index (χ2n) is 6.64. The maximum Gasteiger partial charge on any atom is 0.251 e. The number of hydrogen-bond acceptors (Lipinski definition) is 4. The molecule has 1 unspecified atom stereocenters. The van der Waals surface area contributed by atoms with Crippen LogP contribution in [0.15, 0.2) is 54.6 Å². The highest BCUT2D eigenvalue weighted by Crippen LogP contribution is 2.15. The van der Waals surface area contributed by atoms with Crippen LogP contribution in [0.25, 0.3) is 0 Å². The van der Waals surface area contributed by atoms with Crippen LogP contribution in [0.1, 0.15) is 22.0 Å². The second-order valence-corrected chi connectivity index (χ2v) is 6.64. The van der Waals surface area contributed by atoms with Gasteiger partial charge in [0.05, 0.1) is 25.8 Å². The van der Waals surface area contributed by atoms with Gasteiger partial charge in [0, 0.05) is 25.2 Å². The van der Waals surface area contributed by atoms with Gasteiger partial charge < -0.3 is 15.4 Å². The van der Waals surface area contributed by atoms with Crippen LogP contribution in [0.5, 0.6) is 0 Å². The summed E-state index contributed by atoms with van der Waals surface area (Å²) in [5.74, 6) is -1.28. The SMILES string of the molecule is O=C(CNC(=O)c1cccc(F)c1)NC(CN1CCOCC1)c1ccccc1. The molecule has 2 amide bonds. The topological polar surface area (TPSA) is 70.7 Å². The molecule has 2 aromatic rings. The Hall–Kier alpha value is -2.77. The monoisotopic (exact) mass is 385 g/mol. The quantitative estimate of drug-likeness (QED) is 0.762. The van der Waals surface area contributed by atoms with Crippen molar-refractivity contribution in [2.24, 2.45) is 0 Å². The van der Waals surface area contributed by atoms with E-state index < -0.39 is 11.7 Å². The predicted molar refractivity (Wildman–Crippen MR) is 103 cm³/mol. The molecular formula is C21H24FN3O3. The van der Waals surface area contributed by atoms with Crippen LogP contribution in [-0.2, 0) is 9.53 Å². The summed E-state index contributed by atoms with van der Waals surface area (Å²) in [5, 5.41) is 5.52. The van der Waals surface area contributed by atoms with E-state index in [0.29, 0.717) is 19.8 Å². The van der Waals surface area contributed by atoms with Crippen LogP contribution in [0, 0.1) is 5.82 Å². The molecule has 2 aromatic carbocycles. The Morgan fingerprint density at radius 2 is 1.82 bits per heavy atom. The smallest absolute Gasteiger partial charge is 0.251 e. The van der Waals surface area contributed by atoms with Crippen molar-refractivity contribution in [3.63, 3.8) is 0 Å². The molecule has 0 aliphatic carbocycles. The van der Waals surface area contributed by atoms with Crippen molar-refractivity contribution in [3.05, 3.63) is 71.5 Å². The van der Waals surface area contributed by atoms with Crippen LogP contribution in [0.2, 0.25) is 0 Å². The van der Waals surface area contributed by atoms with Gasteiger partial charge in [0.15, 0.2) is 0 Å². The first-order valence-electron chi connectivity index (χ1n) is 9.30. The summed E-state index contributed by atoms with van der Waals surface area (Å²) in [6.45, 7) is 3.47. The van der Waals surface area contributed by atoms with Gasteiger partial charge in [0.1, 0.15) is 5.82 Å². The maximum atomic E-state index is 13.2. The van der Waals surface area contributed by atoms with Crippen LogP contribution in [-0.4, -0.2) is 56.1 Å². The zero-order valence-corrected chi connectivity index (χ0v) is 15.6. The van der Waals surface area contributed by atoms with Crippen molar-refractivity contribution >= 4 is 11.8 Å². The third-order valence-corrected chi connectivity index (χ3v) is 4.58. The third-order valence-electron chi connectivity index (χ3n) is 4.58. The van der Waals surface area contributed by atoms with Gasteiger partial charge in [0.25, 0.3) is 5.91 Å². The van der Waals surface area contributed by atoms with Crippen LogP contribution in [0.3, 0.4) is 0 Å². The van der Waals surface area contributed by atoms with Crippen LogP contribution >= 0.6 is 0 Å². The zero-order valence-electron chi connectivity index (χ0n) is 15.6. The Balaban J connectivity index is 1.58. The van der Waals surface area contributed by atoms with Gasteiger partial charge in [-0.25, -0.2) is 4.39 Å².